The van der Waals surface area contributed by atoms with Crippen molar-refractivity contribution in [3.63, 3.8) is 0 Å². The molecule has 0 spiro atoms. The molecule has 0 aliphatic carbocycles. The fourth-order valence-corrected chi connectivity index (χ4v) is 1.82. The molecule has 0 amide bonds. The molecule has 1 unspecified atom stereocenters. The fraction of sp³-hybridized carbons (Fsp3) is 0.533. The van der Waals surface area contributed by atoms with E-state index in [1.807, 2.05) is 26.0 Å². The summed E-state index contributed by atoms with van der Waals surface area (Å²) in [4.78, 5) is 4.32. The number of nitrogens with zero attached hydrogens (tertiary/aromatic N) is 1. The van der Waals surface area contributed by atoms with Crippen molar-refractivity contribution in [2.75, 3.05) is 13.7 Å². The van der Waals surface area contributed by atoms with E-state index in [1.165, 1.54) is 5.56 Å². The Bertz CT molecular complexity index is 398. The number of nitrogens with two attached hydrogens (primary N) is 1. The van der Waals surface area contributed by atoms with Crippen LogP contribution in [0.5, 0.6) is 5.75 Å². The number of hydrogen-bond donors (Lipinski definition) is 2. The summed E-state index contributed by atoms with van der Waals surface area (Å²) in [5, 5.41) is 3.08. The van der Waals surface area contributed by atoms with Gasteiger partial charge in [0.15, 0.2) is 5.96 Å². The average Bonchev–Trinajstić information content (AvgIpc) is 2.37. The molecule has 19 heavy (non-hydrogen) atoms. The quantitative estimate of drug-likeness (QED) is 0.612. The summed E-state index contributed by atoms with van der Waals surface area (Å²) in [6.07, 6.45) is 0.979. The summed E-state index contributed by atoms with van der Waals surface area (Å²) in [6, 6.07) is 8.50. The van der Waals surface area contributed by atoms with E-state index in [0.717, 1.165) is 18.7 Å². The molecule has 1 aromatic rings. The lowest BCUT2D eigenvalue weighted by molar-refractivity contribution is 0.414. The highest BCUT2D eigenvalue weighted by Gasteiger charge is 2.05. The van der Waals surface area contributed by atoms with E-state index in [9.17, 15) is 0 Å². The zero-order valence-electron chi connectivity index (χ0n) is 12.3. The molecule has 1 aromatic carbocycles. The maximum absolute atomic E-state index is 5.76. The number of guanidine groups is 1. The van der Waals surface area contributed by atoms with Crippen LogP contribution >= 0.6 is 0 Å². The van der Waals surface area contributed by atoms with Crippen LogP contribution in [0.25, 0.3) is 0 Å². The molecule has 0 aliphatic rings. The predicted molar refractivity (Wildman–Crippen MR) is 80.8 cm³/mol. The molecule has 1 atom stereocenters. The number of hydrogen-bond acceptors (Lipinski definition) is 2. The molecule has 0 fully saturated rings. The second-order valence-electron chi connectivity index (χ2n) is 5.03. The first-order valence-electron chi connectivity index (χ1n) is 6.73. The topological polar surface area (TPSA) is 59.6 Å². The van der Waals surface area contributed by atoms with Gasteiger partial charge in [0, 0.05) is 12.6 Å². The molecular formula is C15H25N3O. The molecule has 0 heterocycles. The van der Waals surface area contributed by atoms with Crippen LogP contribution in [-0.4, -0.2) is 25.7 Å². The summed E-state index contributed by atoms with van der Waals surface area (Å²) in [5.41, 5.74) is 7.06. The van der Waals surface area contributed by atoms with Crippen molar-refractivity contribution < 1.29 is 4.74 Å². The third-order valence-corrected chi connectivity index (χ3v) is 2.97. The number of nitrogens with one attached hydrogen (secondary N) is 1. The van der Waals surface area contributed by atoms with Crippen molar-refractivity contribution in [2.24, 2.45) is 10.7 Å². The molecule has 3 N–H and O–H groups in total. The molecule has 106 valence electrons. The van der Waals surface area contributed by atoms with E-state index >= 15 is 0 Å². The van der Waals surface area contributed by atoms with Crippen LogP contribution in [0, 0.1) is 0 Å². The zero-order chi connectivity index (χ0) is 14.3. The summed E-state index contributed by atoms with van der Waals surface area (Å²) < 4.78 is 5.15. The molecule has 0 saturated carbocycles. The zero-order valence-corrected chi connectivity index (χ0v) is 12.3. The molecule has 1 rings (SSSR count). The number of ether oxygens (including phenoxy) is 1. The molecule has 0 radical (unpaired) electrons. The van der Waals surface area contributed by atoms with Gasteiger partial charge in [0.25, 0.3) is 0 Å². The minimum Gasteiger partial charge on any atom is -0.497 e. The highest BCUT2D eigenvalue weighted by molar-refractivity contribution is 5.78. The van der Waals surface area contributed by atoms with Crippen LogP contribution < -0.4 is 15.8 Å². The second-order valence-corrected chi connectivity index (χ2v) is 5.03. The van der Waals surface area contributed by atoms with E-state index in [1.54, 1.807) is 7.11 Å². The lowest BCUT2D eigenvalue weighted by atomic mass is 9.98. The van der Waals surface area contributed by atoms with Gasteiger partial charge in [-0.2, -0.15) is 0 Å². The van der Waals surface area contributed by atoms with Gasteiger partial charge in [0.2, 0.25) is 0 Å². The third-order valence-electron chi connectivity index (χ3n) is 2.97. The van der Waals surface area contributed by atoms with Crippen molar-refractivity contribution in [3.8, 4) is 5.75 Å². The van der Waals surface area contributed by atoms with Gasteiger partial charge in [0.05, 0.1) is 7.11 Å². The lowest BCUT2D eigenvalue weighted by Crippen LogP contribution is -2.36. The molecular weight excluding hydrogens is 238 g/mol. The van der Waals surface area contributed by atoms with Crippen molar-refractivity contribution in [3.05, 3.63) is 29.8 Å². The molecule has 0 aromatic heterocycles. The third kappa shape index (κ3) is 5.64. The van der Waals surface area contributed by atoms with Crippen molar-refractivity contribution in [2.45, 2.75) is 39.2 Å². The number of rotatable bonds is 6. The van der Waals surface area contributed by atoms with E-state index in [0.29, 0.717) is 17.9 Å². The number of methoxy groups -OCH3 is 1. The first-order chi connectivity index (χ1) is 9.02. The monoisotopic (exact) mass is 263 g/mol. The highest BCUT2D eigenvalue weighted by atomic mass is 16.5. The number of aliphatic imine (C=N–C) groups is 1. The Balaban J connectivity index is 2.44. The van der Waals surface area contributed by atoms with Gasteiger partial charge in [-0.3, -0.25) is 4.99 Å². The highest BCUT2D eigenvalue weighted by Crippen LogP contribution is 2.21. The van der Waals surface area contributed by atoms with Gasteiger partial charge in [-0.15, -0.1) is 0 Å². The molecule has 4 nitrogen and oxygen atoms in total. The molecule has 0 bridgehead atoms. The van der Waals surface area contributed by atoms with Crippen molar-refractivity contribution >= 4 is 5.96 Å². The Morgan fingerprint density at radius 1 is 1.26 bits per heavy atom. The van der Waals surface area contributed by atoms with Gasteiger partial charge in [0.1, 0.15) is 5.75 Å². The normalized spacial score (nSPS) is 13.4. The summed E-state index contributed by atoms with van der Waals surface area (Å²) in [7, 11) is 1.68. The second kappa shape index (κ2) is 7.67. The Labute approximate surface area is 116 Å². The first kappa shape index (κ1) is 15.3. The van der Waals surface area contributed by atoms with Gasteiger partial charge in [-0.25, -0.2) is 0 Å². The van der Waals surface area contributed by atoms with Crippen LogP contribution in [-0.2, 0) is 0 Å². The first-order valence-corrected chi connectivity index (χ1v) is 6.73. The van der Waals surface area contributed by atoms with Gasteiger partial charge >= 0.3 is 0 Å². The standard InChI is InChI=1S/C15H25N3O/c1-11(2)18-15(16)17-10-9-12(3)13-5-7-14(19-4)8-6-13/h5-8,11-12H,9-10H2,1-4H3,(H3,16,17,18). The average molecular weight is 263 g/mol. The van der Waals surface area contributed by atoms with Gasteiger partial charge in [-0.1, -0.05) is 19.1 Å². The summed E-state index contributed by atoms with van der Waals surface area (Å²) in [5.74, 6) is 1.87. The fourth-order valence-electron chi connectivity index (χ4n) is 1.82. The van der Waals surface area contributed by atoms with Crippen molar-refractivity contribution in [1.82, 2.24) is 5.32 Å². The van der Waals surface area contributed by atoms with E-state index < -0.39 is 0 Å². The van der Waals surface area contributed by atoms with Gasteiger partial charge in [-0.05, 0) is 43.9 Å². The van der Waals surface area contributed by atoms with Gasteiger partial charge < -0.3 is 15.8 Å². The predicted octanol–water partition coefficient (Wildman–Crippen LogP) is 2.50. The molecule has 0 aliphatic heterocycles. The minimum absolute atomic E-state index is 0.322. The van der Waals surface area contributed by atoms with Crippen LogP contribution in [0.1, 0.15) is 38.7 Å². The maximum Gasteiger partial charge on any atom is 0.188 e. The molecule has 0 saturated heterocycles. The molecule has 4 heteroatoms. The largest absolute Gasteiger partial charge is 0.497 e. The van der Waals surface area contributed by atoms with Crippen molar-refractivity contribution in [1.29, 1.82) is 0 Å². The Hall–Kier alpha value is -1.71. The van der Waals surface area contributed by atoms with Crippen LogP contribution in [0.4, 0.5) is 0 Å². The summed E-state index contributed by atoms with van der Waals surface area (Å²) in [6.45, 7) is 7.02. The Kier molecular flexibility index (Phi) is 6.19. The van der Waals surface area contributed by atoms with E-state index in [-0.39, 0.29) is 0 Å². The van der Waals surface area contributed by atoms with Crippen LogP contribution in [0.15, 0.2) is 29.3 Å². The SMILES string of the molecule is COc1ccc(C(C)CCN=C(N)NC(C)C)cc1. The lowest BCUT2D eigenvalue weighted by Gasteiger charge is -2.12. The summed E-state index contributed by atoms with van der Waals surface area (Å²) >= 11 is 0. The maximum atomic E-state index is 5.76. The number of benzene rings is 1. The van der Waals surface area contributed by atoms with Crippen LogP contribution in [0.3, 0.4) is 0 Å². The Morgan fingerprint density at radius 2 is 1.89 bits per heavy atom. The Morgan fingerprint density at radius 3 is 2.42 bits per heavy atom. The van der Waals surface area contributed by atoms with Crippen LogP contribution in [0.2, 0.25) is 0 Å². The smallest absolute Gasteiger partial charge is 0.188 e. The van der Waals surface area contributed by atoms with E-state index in [2.05, 4.69) is 29.4 Å². The minimum atomic E-state index is 0.322. The van der Waals surface area contributed by atoms with E-state index in [4.69, 9.17) is 10.5 Å².